The lowest BCUT2D eigenvalue weighted by atomic mass is 10.1. The highest BCUT2D eigenvalue weighted by atomic mass is 79.9. The van der Waals surface area contributed by atoms with Gasteiger partial charge in [-0.25, -0.2) is 8.42 Å². The Kier molecular flexibility index (Phi) is 5.18. The molecule has 0 fully saturated rings. The first-order valence-electron chi connectivity index (χ1n) is 6.09. The van der Waals surface area contributed by atoms with Crippen LogP contribution in [-0.2, 0) is 26.8 Å². The van der Waals surface area contributed by atoms with E-state index in [9.17, 15) is 18.3 Å². The minimum Gasteiger partial charge on any atom is -0.480 e. The van der Waals surface area contributed by atoms with Crippen molar-refractivity contribution in [2.24, 2.45) is 0 Å². The Morgan fingerprint density at radius 1 is 1.29 bits per heavy atom. The summed E-state index contributed by atoms with van der Waals surface area (Å²) in [5, 5.41) is 9.61. The van der Waals surface area contributed by atoms with Gasteiger partial charge in [0.2, 0.25) is 0 Å². The maximum absolute atomic E-state index is 12.4. The molecule has 0 saturated heterocycles. The third kappa shape index (κ3) is 4.39. The molecule has 1 N–H and O–H groups in total. The zero-order valence-electron chi connectivity index (χ0n) is 10.9. The van der Waals surface area contributed by atoms with Crippen LogP contribution in [0.1, 0.15) is 10.4 Å². The molecule has 7 heteroatoms. The SMILES string of the molecule is O=C(O)C(Cc1ccccc1)S(=O)(=O)Cc1cc(Br)cs1. The highest BCUT2D eigenvalue weighted by molar-refractivity contribution is 9.10. The first kappa shape index (κ1) is 16.2. The van der Waals surface area contributed by atoms with Gasteiger partial charge in [-0.15, -0.1) is 11.3 Å². The first-order chi connectivity index (χ1) is 9.88. The molecule has 21 heavy (non-hydrogen) atoms. The van der Waals surface area contributed by atoms with Crippen LogP contribution in [0.3, 0.4) is 0 Å². The summed E-state index contributed by atoms with van der Waals surface area (Å²) in [4.78, 5) is 12.0. The number of hydrogen-bond donors (Lipinski definition) is 1. The average molecular weight is 389 g/mol. The molecule has 0 aliphatic rings. The number of aliphatic carboxylic acids is 1. The van der Waals surface area contributed by atoms with E-state index in [0.29, 0.717) is 10.4 Å². The molecule has 2 aromatic rings. The highest BCUT2D eigenvalue weighted by Gasteiger charge is 2.33. The summed E-state index contributed by atoms with van der Waals surface area (Å²) in [6, 6.07) is 10.5. The van der Waals surface area contributed by atoms with Gasteiger partial charge in [-0.3, -0.25) is 4.79 Å². The minimum absolute atomic E-state index is 0.0228. The lowest BCUT2D eigenvalue weighted by Gasteiger charge is -2.13. The number of sulfone groups is 1. The zero-order valence-corrected chi connectivity index (χ0v) is 14.1. The smallest absolute Gasteiger partial charge is 0.322 e. The van der Waals surface area contributed by atoms with E-state index in [0.717, 1.165) is 4.47 Å². The molecule has 0 saturated carbocycles. The van der Waals surface area contributed by atoms with E-state index in [1.54, 1.807) is 41.8 Å². The van der Waals surface area contributed by atoms with Crippen molar-refractivity contribution in [2.45, 2.75) is 17.4 Å². The van der Waals surface area contributed by atoms with Gasteiger partial charge >= 0.3 is 5.97 Å². The second-order valence-electron chi connectivity index (χ2n) is 4.56. The number of thiophene rings is 1. The van der Waals surface area contributed by atoms with Crippen LogP contribution in [0.4, 0.5) is 0 Å². The zero-order chi connectivity index (χ0) is 15.5. The Hall–Kier alpha value is -1.18. The Labute approximate surface area is 135 Å². The van der Waals surface area contributed by atoms with Crippen molar-refractivity contribution in [2.75, 3.05) is 0 Å². The molecule has 0 bridgehead atoms. The number of rotatable bonds is 6. The van der Waals surface area contributed by atoms with Gasteiger partial charge < -0.3 is 5.11 Å². The quantitative estimate of drug-likeness (QED) is 0.824. The topological polar surface area (TPSA) is 71.4 Å². The summed E-state index contributed by atoms with van der Waals surface area (Å²) in [5.41, 5.74) is 0.695. The fourth-order valence-corrected chi connectivity index (χ4v) is 5.36. The number of carboxylic acids is 1. The summed E-state index contributed by atoms with van der Waals surface area (Å²) in [6.07, 6.45) is -0.0228. The van der Waals surface area contributed by atoms with E-state index in [1.165, 1.54) is 11.3 Å². The van der Waals surface area contributed by atoms with Crippen LogP contribution in [-0.4, -0.2) is 24.7 Å². The van der Waals surface area contributed by atoms with Crippen molar-refractivity contribution in [1.82, 2.24) is 0 Å². The van der Waals surface area contributed by atoms with Crippen molar-refractivity contribution in [1.29, 1.82) is 0 Å². The van der Waals surface area contributed by atoms with Gasteiger partial charge in [-0.2, -0.15) is 0 Å². The van der Waals surface area contributed by atoms with Crippen LogP contribution in [0, 0.1) is 0 Å². The second kappa shape index (κ2) is 6.72. The molecule has 0 aliphatic carbocycles. The molecule has 0 amide bonds. The molecule has 1 aromatic heterocycles. The van der Waals surface area contributed by atoms with Gasteiger partial charge in [0, 0.05) is 14.7 Å². The summed E-state index contributed by atoms with van der Waals surface area (Å²) in [5.74, 6) is -1.57. The van der Waals surface area contributed by atoms with Crippen LogP contribution >= 0.6 is 27.3 Å². The molecule has 1 heterocycles. The Morgan fingerprint density at radius 2 is 1.95 bits per heavy atom. The van der Waals surface area contributed by atoms with E-state index in [1.807, 2.05) is 0 Å². The van der Waals surface area contributed by atoms with E-state index in [4.69, 9.17) is 0 Å². The third-order valence-electron chi connectivity index (χ3n) is 2.94. The van der Waals surface area contributed by atoms with Crippen molar-refractivity contribution < 1.29 is 18.3 Å². The van der Waals surface area contributed by atoms with Crippen LogP contribution in [0.15, 0.2) is 46.3 Å². The predicted octanol–water partition coefficient (Wildman–Crippen LogP) is 3.12. The van der Waals surface area contributed by atoms with Crippen molar-refractivity contribution in [3.05, 3.63) is 56.7 Å². The Morgan fingerprint density at radius 3 is 2.48 bits per heavy atom. The van der Waals surface area contributed by atoms with Gasteiger partial charge in [-0.1, -0.05) is 30.3 Å². The number of benzene rings is 1. The van der Waals surface area contributed by atoms with Crippen molar-refractivity contribution in [3.63, 3.8) is 0 Å². The van der Waals surface area contributed by atoms with Gasteiger partial charge in [0.25, 0.3) is 0 Å². The number of carboxylic acid groups (broad SMARTS) is 1. The number of hydrogen-bond acceptors (Lipinski definition) is 4. The normalized spacial score (nSPS) is 13.0. The van der Waals surface area contributed by atoms with E-state index < -0.39 is 21.1 Å². The molecule has 0 aliphatic heterocycles. The first-order valence-corrected chi connectivity index (χ1v) is 9.48. The lowest BCUT2D eigenvalue weighted by Crippen LogP contribution is -2.33. The molecule has 0 radical (unpaired) electrons. The van der Waals surface area contributed by atoms with Gasteiger partial charge in [0.05, 0.1) is 5.75 Å². The van der Waals surface area contributed by atoms with E-state index >= 15 is 0 Å². The lowest BCUT2D eigenvalue weighted by molar-refractivity contribution is -0.136. The molecule has 1 aromatic carbocycles. The average Bonchev–Trinajstić information content (AvgIpc) is 2.81. The van der Waals surface area contributed by atoms with E-state index in [-0.39, 0.29) is 12.2 Å². The molecule has 2 rings (SSSR count). The molecule has 1 atom stereocenters. The number of carbonyl (C=O) groups is 1. The van der Waals surface area contributed by atoms with Gasteiger partial charge in [0.15, 0.2) is 15.1 Å². The highest BCUT2D eigenvalue weighted by Crippen LogP contribution is 2.24. The minimum atomic E-state index is -3.77. The maximum Gasteiger partial charge on any atom is 0.322 e. The van der Waals surface area contributed by atoms with Crippen LogP contribution < -0.4 is 0 Å². The Balaban J connectivity index is 2.22. The van der Waals surface area contributed by atoms with Gasteiger partial charge in [-0.05, 0) is 34.0 Å². The third-order valence-corrected chi connectivity index (χ3v) is 6.77. The molecule has 4 nitrogen and oxygen atoms in total. The predicted molar refractivity (Wildman–Crippen MR) is 86.2 cm³/mol. The standard InChI is InChI=1S/C14H13BrO4S2/c15-11-7-12(20-8-11)9-21(18,19)13(14(16)17)6-10-4-2-1-3-5-10/h1-5,7-8,13H,6,9H2,(H,16,17). The maximum atomic E-state index is 12.4. The molecular weight excluding hydrogens is 376 g/mol. The summed E-state index contributed by atoms with van der Waals surface area (Å²) >= 11 is 4.55. The molecular formula is C14H13BrO4S2. The molecule has 112 valence electrons. The van der Waals surface area contributed by atoms with E-state index in [2.05, 4.69) is 15.9 Å². The monoisotopic (exact) mass is 388 g/mol. The summed E-state index contributed by atoms with van der Waals surface area (Å²) < 4.78 is 25.5. The Bertz CT molecular complexity index is 722. The van der Waals surface area contributed by atoms with Crippen LogP contribution in [0.25, 0.3) is 0 Å². The van der Waals surface area contributed by atoms with Gasteiger partial charge in [0.1, 0.15) is 0 Å². The van der Waals surface area contributed by atoms with Crippen LogP contribution in [0.2, 0.25) is 0 Å². The largest absolute Gasteiger partial charge is 0.480 e. The molecule has 1 unspecified atom stereocenters. The summed E-state index contributed by atoms with van der Waals surface area (Å²) in [7, 11) is -3.77. The fourth-order valence-electron chi connectivity index (χ4n) is 1.92. The summed E-state index contributed by atoms with van der Waals surface area (Å²) in [6.45, 7) is 0. The fraction of sp³-hybridized carbons (Fsp3) is 0.214. The molecule has 0 spiro atoms. The van der Waals surface area contributed by atoms with Crippen LogP contribution in [0.5, 0.6) is 0 Å². The second-order valence-corrected chi connectivity index (χ2v) is 8.65. The number of halogens is 1. The van der Waals surface area contributed by atoms with Crippen molar-refractivity contribution >= 4 is 43.1 Å². The van der Waals surface area contributed by atoms with Crippen molar-refractivity contribution in [3.8, 4) is 0 Å².